The monoisotopic (exact) mass is 530 g/mol. The molecule has 0 unspecified atom stereocenters. The number of aliphatic hydroxyl groups excluding tert-OH is 1. The van der Waals surface area contributed by atoms with Crippen LogP contribution in [-0.2, 0) is 16.2 Å². The van der Waals surface area contributed by atoms with Gasteiger partial charge in [0.1, 0.15) is 18.1 Å². The number of nitrogens with zero attached hydrogens (tertiary/aromatic N) is 2. The van der Waals surface area contributed by atoms with E-state index in [1.165, 1.54) is 11.0 Å². The lowest BCUT2D eigenvalue weighted by atomic mass is 9.93. The van der Waals surface area contributed by atoms with Gasteiger partial charge in [0.2, 0.25) is 0 Å². The summed E-state index contributed by atoms with van der Waals surface area (Å²) in [5.41, 5.74) is 2.70. The Kier molecular flexibility index (Phi) is 8.56. The van der Waals surface area contributed by atoms with Crippen LogP contribution in [0.25, 0.3) is 5.76 Å². The maximum atomic E-state index is 13.3. The number of ketones is 1. The van der Waals surface area contributed by atoms with E-state index in [4.69, 9.17) is 9.47 Å². The van der Waals surface area contributed by atoms with Crippen molar-refractivity contribution in [3.63, 3.8) is 0 Å². The molecule has 0 radical (unpaired) electrons. The highest BCUT2D eigenvalue weighted by Crippen LogP contribution is 2.42. The highest BCUT2D eigenvalue weighted by Gasteiger charge is 2.46. The fraction of sp³-hybridized carbons (Fsp3) is 0.290. The topological polar surface area (TPSA) is 99.5 Å². The standard InChI is InChI=1S/C31H34N2O6/c1-5-38-26-18-22(11-14-25(26)34)28-27(30(36)31(37)33(28)16-15-32(3)4)29(35)24-13-12-23(17-20(24)2)39-19-21-9-7-6-8-10-21/h6-14,17-18,28,34-35H,5,15-16,19H2,1-4H3/b29-27+/t28-/m0/s1. The third-order valence-electron chi connectivity index (χ3n) is 6.63. The molecular formula is C31H34N2O6. The average Bonchev–Trinajstić information content (AvgIpc) is 3.17. The van der Waals surface area contributed by atoms with E-state index in [2.05, 4.69) is 0 Å². The Morgan fingerprint density at radius 1 is 1.00 bits per heavy atom. The Morgan fingerprint density at radius 3 is 2.41 bits per heavy atom. The number of phenolic OH excluding ortho intramolecular Hbond substituents is 1. The molecule has 2 N–H and O–H groups in total. The molecule has 1 saturated heterocycles. The third-order valence-corrected chi connectivity index (χ3v) is 6.63. The molecule has 8 heteroatoms. The number of aryl methyl sites for hydroxylation is 1. The molecule has 1 fully saturated rings. The highest BCUT2D eigenvalue weighted by atomic mass is 16.5. The van der Waals surface area contributed by atoms with Crippen LogP contribution in [0.1, 0.15) is 35.2 Å². The summed E-state index contributed by atoms with van der Waals surface area (Å²) < 4.78 is 11.5. The molecular weight excluding hydrogens is 496 g/mol. The second kappa shape index (κ2) is 12.0. The van der Waals surface area contributed by atoms with Crippen LogP contribution in [0.3, 0.4) is 0 Å². The van der Waals surface area contributed by atoms with Crippen molar-refractivity contribution in [2.24, 2.45) is 0 Å². The zero-order valence-electron chi connectivity index (χ0n) is 22.7. The Hall–Kier alpha value is -4.30. The van der Waals surface area contributed by atoms with Crippen molar-refractivity contribution in [2.75, 3.05) is 33.8 Å². The molecule has 3 aromatic rings. The summed E-state index contributed by atoms with van der Waals surface area (Å²) in [4.78, 5) is 29.9. The Bertz CT molecular complexity index is 1380. The van der Waals surface area contributed by atoms with Gasteiger partial charge in [0, 0.05) is 18.7 Å². The van der Waals surface area contributed by atoms with Crippen LogP contribution in [0.4, 0.5) is 0 Å². The van der Waals surface area contributed by atoms with E-state index in [0.717, 1.165) is 5.56 Å². The Balaban J connectivity index is 1.74. The number of hydrogen-bond donors (Lipinski definition) is 2. The number of benzene rings is 3. The first-order valence-corrected chi connectivity index (χ1v) is 12.9. The van der Waals surface area contributed by atoms with E-state index >= 15 is 0 Å². The quantitative estimate of drug-likeness (QED) is 0.223. The zero-order valence-corrected chi connectivity index (χ0v) is 22.7. The minimum absolute atomic E-state index is 0.00653. The van der Waals surface area contributed by atoms with Gasteiger partial charge >= 0.3 is 0 Å². The summed E-state index contributed by atoms with van der Waals surface area (Å²) in [6, 6.07) is 18.9. The molecule has 0 aliphatic carbocycles. The highest BCUT2D eigenvalue weighted by molar-refractivity contribution is 6.46. The number of hydrogen-bond acceptors (Lipinski definition) is 7. The van der Waals surface area contributed by atoms with E-state index < -0.39 is 17.7 Å². The van der Waals surface area contributed by atoms with Gasteiger partial charge in [0.25, 0.3) is 11.7 Å². The summed E-state index contributed by atoms with van der Waals surface area (Å²) in [7, 11) is 3.76. The van der Waals surface area contributed by atoms with E-state index in [0.29, 0.717) is 42.2 Å². The predicted molar refractivity (Wildman–Crippen MR) is 149 cm³/mol. The fourth-order valence-electron chi connectivity index (χ4n) is 4.61. The summed E-state index contributed by atoms with van der Waals surface area (Å²) in [5.74, 6) is -0.891. The lowest BCUT2D eigenvalue weighted by Gasteiger charge is -2.27. The van der Waals surface area contributed by atoms with Gasteiger partial charge in [0.15, 0.2) is 11.5 Å². The van der Waals surface area contributed by atoms with E-state index in [1.54, 1.807) is 37.3 Å². The van der Waals surface area contributed by atoms with Gasteiger partial charge in [-0.3, -0.25) is 9.59 Å². The normalized spacial score (nSPS) is 16.6. The molecule has 3 aromatic carbocycles. The van der Waals surface area contributed by atoms with Crippen LogP contribution in [-0.4, -0.2) is 65.5 Å². The van der Waals surface area contributed by atoms with Crippen LogP contribution >= 0.6 is 0 Å². The van der Waals surface area contributed by atoms with Crippen molar-refractivity contribution in [1.29, 1.82) is 0 Å². The molecule has 0 aromatic heterocycles. The van der Waals surface area contributed by atoms with Gasteiger partial charge in [-0.2, -0.15) is 0 Å². The van der Waals surface area contributed by atoms with Gasteiger partial charge in [0.05, 0.1) is 18.2 Å². The second-order valence-electron chi connectivity index (χ2n) is 9.71. The molecule has 1 aliphatic heterocycles. The summed E-state index contributed by atoms with van der Waals surface area (Å²) >= 11 is 0. The minimum Gasteiger partial charge on any atom is -0.507 e. The van der Waals surface area contributed by atoms with E-state index in [9.17, 15) is 19.8 Å². The van der Waals surface area contributed by atoms with Gasteiger partial charge in [-0.1, -0.05) is 36.4 Å². The number of rotatable bonds is 10. The number of ether oxygens (including phenoxy) is 2. The predicted octanol–water partition coefficient (Wildman–Crippen LogP) is 4.66. The summed E-state index contributed by atoms with van der Waals surface area (Å²) in [5, 5.41) is 21.7. The van der Waals surface area contributed by atoms with E-state index in [-0.39, 0.29) is 29.4 Å². The van der Waals surface area contributed by atoms with Crippen molar-refractivity contribution >= 4 is 17.4 Å². The number of amides is 1. The maximum Gasteiger partial charge on any atom is 0.295 e. The van der Waals surface area contributed by atoms with Crippen LogP contribution in [0.2, 0.25) is 0 Å². The van der Waals surface area contributed by atoms with Crippen molar-refractivity contribution < 1.29 is 29.3 Å². The molecule has 0 spiro atoms. The largest absolute Gasteiger partial charge is 0.507 e. The number of aliphatic hydroxyl groups is 1. The molecule has 4 rings (SSSR count). The third kappa shape index (κ3) is 6.07. The number of likely N-dealkylation sites (tertiary alicyclic amines) is 1. The molecule has 204 valence electrons. The van der Waals surface area contributed by atoms with Gasteiger partial charge in [-0.05, 0) is 75.0 Å². The lowest BCUT2D eigenvalue weighted by molar-refractivity contribution is -0.140. The lowest BCUT2D eigenvalue weighted by Crippen LogP contribution is -2.35. The summed E-state index contributed by atoms with van der Waals surface area (Å²) in [6.45, 7) is 5.13. The molecule has 1 amide bonds. The van der Waals surface area contributed by atoms with Crippen molar-refractivity contribution in [3.05, 3.63) is 94.6 Å². The Morgan fingerprint density at radius 2 is 1.74 bits per heavy atom. The number of likely N-dealkylation sites (N-methyl/N-ethyl adjacent to an activating group) is 1. The van der Waals surface area contributed by atoms with E-state index in [1.807, 2.05) is 56.3 Å². The summed E-state index contributed by atoms with van der Waals surface area (Å²) in [6.07, 6.45) is 0. The van der Waals surface area contributed by atoms with Crippen molar-refractivity contribution in [2.45, 2.75) is 26.5 Å². The number of Topliss-reactive ketones (excluding diaryl/α,β-unsaturated/α-hetero) is 1. The molecule has 1 atom stereocenters. The minimum atomic E-state index is -0.849. The number of aromatic hydroxyl groups is 1. The number of carbonyl (C=O) groups is 2. The van der Waals surface area contributed by atoms with Gasteiger partial charge in [-0.15, -0.1) is 0 Å². The van der Waals surface area contributed by atoms with Gasteiger partial charge < -0.3 is 29.5 Å². The SMILES string of the molecule is CCOc1cc([C@H]2/C(=C(\O)c3ccc(OCc4ccccc4)cc3C)C(=O)C(=O)N2CCN(C)C)ccc1O. The molecule has 39 heavy (non-hydrogen) atoms. The first-order valence-electron chi connectivity index (χ1n) is 12.9. The second-order valence-corrected chi connectivity index (χ2v) is 9.71. The molecule has 0 bridgehead atoms. The molecule has 8 nitrogen and oxygen atoms in total. The number of carbonyl (C=O) groups excluding carboxylic acids is 2. The van der Waals surface area contributed by atoms with Gasteiger partial charge in [-0.25, -0.2) is 0 Å². The van der Waals surface area contributed by atoms with Crippen LogP contribution in [0.5, 0.6) is 17.2 Å². The van der Waals surface area contributed by atoms with Crippen molar-refractivity contribution in [1.82, 2.24) is 9.80 Å². The smallest absolute Gasteiger partial charge is 0.295 e. The molecule has 0 saturated carbocycles. The average molecular weight is 531 g/mol. The zero-order chi connectivity index (χ0) is 28.1. The van der Waals surface area contributed by atoms with Crippen molar-refractivity contribution in [3.8, 4) is 17.2 Å². The molecule has 1 aliphatic rings. The number of phenols is 1. The van der Waals surface area contributed by atoms with Crippen LogP contribution in [0.15, 0.2) is 72.3 Å². The Labute approximate surface area is 228 Å². The molecule has 1 heterocycles. The first-order chi connectivity index (χ1) is 18.7. The van der Waals surface area contributed by atoms with Crippen LogP contribution < -0.4 is 9.47 Å². The first kappa shape index (κ1) is 27.7. The fourth-order valence-corrected chi connectivity index (χ4v) is 4.61. The maximum absolute atomic E-state index is 13.3. The van der Waals surface area contributed by atoms with Crippen LogP contribution in [0, 0.1) is 6.92 Å².